The first-order valence-electron chi connectivity index (χ1n) is 14.5. The van der Waals surface area contributed by atoms with Crippen LogP contribution in [0.5, 0.6) is 0 Å². The second-order valence-electron chi connectivity index (χ2n) is 11.6. The third-order valence-corrected chi connectivity index (χ3v) is 7.46. The van der Waals surface area contributed by atoms with Crippen molar-refractivity contribution in [1.29, 1.82) is 0 Å². The normalized spacial score (nSPS) is 13.2. The number of carbonyl (C=O) groups excluding carboxylic acids is 6. The molecule has 0 aliphatic heterocycles. The molecule has 3 rings (SSSR count). The van der Waals surface area contributed by atoms with Gasteiger partial charge in [0.2, 0.25) is 17.6 Å². The van der Waals surface area contributed by atoms with Gasteiger partial charge in [-0.1, -0.05) is 105 Å². The summed E-state index contributed by atoms with van der Waals surface area (Å²) in [5, 5.41) is 5.10. The molecule has 0 spiro atoms. The van der Waals surface area contributed by atoms with Crippen LogP contribution < -0.4 is 16.4 Å². The Kier molecular flexibility index (Phi) is 11.8. The summed E-state index contributed by atoms with van der Waals surface area (Å²) in [6.07, 6.45) is 0.00896. The quantitative estimate of drug-likeness (QED) is 0.170. The zero-order valence-corrected chi connectivity index (χ0v) is 25.2. The minimum atomic E-state index is -1.23. The number of benzene rings is 3. The number of nitrogens with one attached hydrogen (secondary N) is 2. The lowest BCUT2D eigenvalue weighted by Gasteiger charge is -2.24. The number of amides is 3. The van der Waals surface area contributed by atoms with Crippen molar-refractivity contribution in [1.82, 2.24) is 10.6 Å². The molecule has 0 fully saturated rings. The molecule has 3 amide bonds. The fourth-order valence-corrected chi connectivity index (χ4v) is 4.69. The van der Waals surface area contributed by atoms with Gasteiger partial charge in [-0.15, -0.1) is 0 Å². The molecule has 9 nitrogen and oxygen atoms in total. The minimum Gasteiger partial charge on any atom is -0.369 e. The summed E-state index contributed by atoms with van der Waals surface area (Å²) in [7, 11) is 0. The molecule has 3 aromatic carbocycles. The van der Waals surface area contributed by atoms with E-state index in [-0.39, 0.29) is 31.5 Å². The van der Waals surface area contributed by atoms with Crippen molar-refractivity contribution in [3.8, 4) is 0 Å². The van der Waals surface area contributed by atoms with Crippen molar-refractivity contribution < 1.29 is 28.8 Å². The van der Waals surface area contributed by atoms with Crippen LogP contribution in [0.2, 0.25) is 0 Å². The molecule has 0 aliphatic rings. The number of Topliss-reactive ketones (excluding diaryl/α,β-unsaturated/α-hetero) is 3. The van der Waals surface area contributed by atoms with Crippen LogP contribution in [0.3, 0.4) is 0 Å². The lowest BCUT2D eigenvalue weighted by molar-refractivity contribution is -0.141. The van der Waals surface area contributed by atoms with Crippen LogP contribution in [0.25, 0.3) is 0 Å². The van der Waals surface area contributed by atoms with E-state index >= 15 is 0 Å². The third-order valence-electron chi connectivity index (χ3n) is 7.46. The molecule has 9 heteroatoms. The van der Waals surface area contributed by atoms with Gasteiger partial charge in [-0.25, -0.2) is 0 Å². The molecule has 0 aromatic heterocycles. The van der Waals surface area contributed by atoms with E-state index in [0.29, 0.717) is 5.56 Å². The van der Waals surface area contributed by atoms with Gasteiger partial charge < -0.3 is 16.4 Å². The first-order chi connectivity index (χ1) is 20.9. The highest BCUT2D eigenvalue weighted by Gasteiger charge is 2.34. The first kappa shape index (κ1) is 33.6. The smallest absolute Gasteiger partial charge is 0.290 e. The number of nitrogens with two attached hydrogens (primary N) is 1. The Labute approximate surface area is 257 Å². The van der Waals surface area contributed by atoms with Crippen molar-refractivity contribution in [2.24, 2.45) is 17.1 Å². The fraction of sp³-hybridized carbons (Fsp3) is 0.314. The van der Waals surface area contributed by atoms with Crippen molar-refractivity contribution in [3.63, 3.8) is 0 Å². The van der Waals surface area contributed by atoms with Gasteiger partial charge in [-0.3, -0.25) is 28.8 Å². The average Bonchev–Trinajstić information content (AvgIpc) is 3.01. The Hall–Kier alpha value is -4.92. The topological polar surface area (TPSA) is 152 Å². The number of hydrogen-bond acceptors (Lipinski definition) is 6. The molecule has 3 atom stereocenters. The Morgan fingerprint density at radius 3 is 1.75 bits per heavy atom. The molecule has 4 N–H and O–H groups in total. The largest absolute Gasteiger partial charge is 0.369 e. The van der Waals surface area contributed by atoms with Crippen molar-refractivity contribution in [2.45, 2.75) is 58.5 Å². The Morgan fingerprint density at radius 2 is 1.23 bits per heavy atom. The van der Waals surface area contributed by atoms with Gasteiger partial charge in [0.15, 0.2) is 11.6 Å². The monoisotopic (exact) mass is 597 g/mol. The van der Waals surface area contributed by atoms with Crippen LogP contribution in [-0.4, -0.2) is 47.2 Å². The molecule has 0 heterocycles. The summed E-state index contributed by atoms with van der Waals surface area (Å²) in [6, 6.07) is 24.4. The maximum Gasteiger partial charge on any atom is 0.290 e. The number of ketones is 3. The van der Waals surface area contributed by atoms with Crippen LogP contribution in [0, 0.1) is 11.3 Å². The molecule has 0 aliphatic carbocycles. The van der Waals surface area contributed by atoms with Gasteiger partial charge in [-0.2, -0.15) is 0 Å². The summed E-state index contributed by atoms with van der Waals surface area (Å²) in [5.74, 6) is -4.70. The van der Waals surface area contributed by atoms with Crippen LogP contribution in [0.4, 0.5) is 0 Å². The van der Waals surface area contributed by atoms with E-state index < -0.39 is 52.7 Å². The Balaban J connectivity index is 1.73. The summed E-state index contributed by atoms with van der Waals surface area (Å²) in [6.45, 7) is 4.44. The molecular weight excluding hydrogens is 558 g/mol. The van der Waals surface area contributed by atoms with Crippen molar-refractivity contribution in [2.75, 3.05) is 0 Å². The number of rotatable bonds is 16. The van der Waals surface area contributed by atoms with Gasteiger partial charge in [0, 0.05) is 24.3 Å². The lowest BCUT2D eigenvalue weighted by Crippen LogP contribution is -2.52. The van der Waals surface area contributed by atoms with Crippen LogP contribution >= 0.6 is 0 Å². The molecular formula is C35H39N3O6. The molecule has 0 saturated heterocycles. The standard InChI is InChI=1S/C35H39N3O6/c1-23(37-32(42)27(19-24-13-7-4-8-14-24)21-29(39)26-17-11-6-12-18-26)31(41)33(43)38-28(20-25-15-9-5-10-16-25)30(40)22-35(2,3)34(36)44/h4-18,23,27-28H,19-22H2,1-3H3,(H2,36,44)(H,37,42)(H,38,43). The van der Waals surface area contributed by atoms with Gasteiger partial charge >= 0.3 is 0 Å². The second kappa shape index (κ2) is 15.5. The highest BCUT2D eigenvalue weighted by molar-refractivity contribution is 6.38. The number of hydrogen-bond donors (Lipinski definition) is 3. The van der Waals surface area contributed by atoms with E-state index in [1.165, 1.54) is 20.8 Å². The zero-order valence-electron chi connectivity index (χ0n) is 25.2. The molecule has 3 unspecified atom stereocenters. The van der Waals surface area contributed by atoms with E-state index in [1.807, 2.05) is 36.4 Å². The highest BCUT2D eigenvalue weighted by Crippen LogP contribution is 2.22. The minimum absolute atomic E-state index is 0.0923. The van der Waals surface area contributed by atoms with Crippen molar-refractivity contribution in [3.05, 3.63) is 108 Å². The summed E-state index contributed by atoms with van der Waals surface area (Å²) >= 11 is 0. The van der Waals surface area contributed by atoms with E-state index in [0.717, 1.165) is 11.1 Å². The molecule has 0 radical (unpaired) electrons. The van der Waals surface area contributed by atoms with E-state index in [2.05, 4.69) is 10.6 Å². The van der Waals surface area contributed by atoms with Gasteiger partial charge in [0.25, 0.3) is 5.91 Å². The van der Waals surface area contributed by atoms with Gasteiger partial charge in [0.1, 0.15) is 0 Å². The maximum absolute atomic E-state index is 13.4. The summed E-state index contributed by atoms with van der Waals surface area (Å²) in [5.41, 5.74) is 6.34. The number of carbonyl (C=O) groups is 6. The Bertz CT molecular complexity index is 1470. The van der Waals surface area contributed by atoms with Gasteiger partial charge in [-0.05, 0) is 30.9 Å². The van der Waals surface area contributed by atoms with E-state index in [4.69, 9.17) is 5.73 Å². The van der Waals surface area contributed by atoms with E-state index in [1.54, 1.807) is 54.6 Å². The molecule has 230 valence electrons. The zero-order chi connectivity index (χ0) is 32.3. The van der Waals surface area contributed by atoms with Crippen molar-refractivity contribution >= 4 is 35.1 Å². The molecule has 44 heavy (non-hydrogen) atoms. The predicted octanol–water partition coefficient (Wildman–Crippen LogP) is 3.39. The summed E-state index contributed by atoms with van der Waals surface area (Å²) < 4.78 is 0. The van der Waals surface area contributed by atoms with E-state index in [9.17, 15) is 28.8 Å². The highest BCUT2D eigenvalue weighted by atomic mass is 16.2. The SMILES string of the molecule is CC(NC(=O)C(CC(=O)c1ccccc1)Cc1ccccc1)C(=O)C(=O)NC(Cc1ccccc1)C(=O)CC(C)(C)C(N)=O. The Morgan fingerprint density at radius 1 is 0.727 bits per heavy atom. The van der Waals surface area contributed by atoms with Gasteiger partial charge in [0.05, 0.1) is 17.5 Å². The molecule has 3 aromatic rings. The lowest BCUT2D eigenvalue weighted by atomic mass is 9.84. The van der Waals surface area contributed by atoms with Crippen LogP contribution in [0.15, 0.2) is 91.0 Å². The molecule has 0 saturated carbocycles. The predicted molar refractivity (Wildman–Crippen MR) is 166 cm³/mol. The molecule has 0 bridgehead atoms. The first-order valence-corrected chi connectivity index (χ1v) is 14.5. The summed E-state index contributed by atoms with van der Waals surface area (Å²) in [4.78, 5) is 77.7. The third kappa shape index (κ3) is 9.83. The average molecular weight is 598 g/mol. The maximum atomic E-state index is 13.4. The number of primary amides is 1. The second-order valence-corrected chi connectivity index (χ2v) is 11.6. The van der Waals surface area contributed by atoms with Crippen LogP contribution in [-0.2, 0) is 36.8 Å². The fourth-order valence-electron chi connectivity index (χ4n) is 4.69. The van der Waals surface area contributed by atoms with Crippen LogP contribution in [0.1, 0.15) is 55.1 Å².